The SMILES string of the molecule is C[C@H](N[C@H](C(=O)NC(N)=O)c1ccccc1)c1cccc(Cl)c1. The molecule has 6 heteroatoms. The highest BCUT2D eigenvalue weighted by molar-refractivity contribution is 6.30. The average Bonchev–Trinajstić information content (AvgIpc) is 2.52. The van der Waals surface area contributed by atoms with Gasteiger partial charge in [-0.1, -0.05) is 54.1 Å². The van der Waals surface area contributed by atoms with Crippen LogP contribution in [0.2, 0.25) is 5.02 Å². The molecule has 2 rings (SSSR count). The fourth-order valence-corrected chi connectivity index (χ4v) is 2.48. The lowest BCUT2D eigenvalue weighted by Gasteiger charge is -2.23. The monoisotopic (exact) mass is 331 g/mol. The van der Waals surface area contributed by atoms with Crippen LogP contribution in [0.15, 0.2) is 54.6 Å². The Bertz CT molecular complexity index is 691. The van der Waals surface area contributed by atoms with E-state index in [1.165, 1.54) is 0 Å². The minimum Gasteiger partial charge on any atom is -0.351 e. The zero-order valence-electron chi connectivity index (χ0n) is 12.6. The van der Waals surface area contributed by atoms with Crippen LogP contribution in [0, 0.1) is 0 Å². The number of primary amides is 1. The van der Waals surface area contributed by atoms with E-state index in [2.05, 4.69) is 10.6 Å². The number of nitrogens with one attached hydrogen (secondary N) is 2. The molecule has 120 valence electrons. The van der Waals surface area contributed by atoms with Crippen LogP contribution in [0.25, 0.3) is 0 Å². The number of amides is 3. The van der Waals surface area contributed by atoms with Gasteiger partial charge in [0.2, 0.25) is 5.91 Å². The number of nitrogens with two attached hydrogens (primary N) is 1. The molecule has 0 aliphatic rings. The summed E-state index contributed by atoms with van der Waals surface area (Å²) in [6.45, 7) is 1.92. The Morgan fingerprint density at radius 3 is 2.30 bits per heavy atom. The Hall–Kier alpha value is -2.37. The van der Waals surface area contributed by atoms with Crippen LogP contribution in [-0.4, -0.2) is 11.9 Å². The predicted octanol–water partition coefficient (Wildman–Crippen LogP) is 2.93. The van der Waals surface area contributed by atoms with Crippen molar-refractivity contribution >= 4 is 23.5 Å². The van der Waals surface area contributed by atoms with Gasteiger partial charge in [-0.05, 0) is 30.2 Å². The van der Waals surface area contributed by atoms with Crippen molar-refractivity contribution in [3.05, 3.63) is 70.7 Å². The van der Waals surface area contributed by atoms with Crippen LogP contribution in [0.5, 0.6) is 0 Å². The molecule has 0 aromatic heterocycles. The first-order valence-corrected chi connectivity index (χ1v) is 7.52. The van der Waals surface area contributed by atoms with E-state index in [9.17, 15) is 9.59 Å². The van der Waals surface area contributed by atoms with E-state index in [1.54, 1.807) is 6.07 Å². The summed E-state index contributed by atoms with van der Waals surface area (Å²) in [4.78, 5) is 23.3. The molecule has 4 N–H and O–H groups in total. The lowest BCUT2D eigenvalue weighted by molar-refractivity contribution is -0.122. The molecule has 2 aromatic rings. The number of carbonyl (C=O) groups excluding carboxylic acids is 2. The van der Waals surface area contributed by atoms with Gasteiger partial charge in [-0.15, -0.1) is 0 Å². The number of hydrogen-bond acceptors (Lipinski definition) is 3. The van der Waals surface area contributed by atoms with Crippen molar-refractivity contribution in [1.82, 2.24) is 10.6 Å². The van der Waals surface area contributed by atoms with Crippen molar-refractivity contribution < 1.29 is 9.59 Å². The van der Waals surface area contributed by atoms with Crippen molar-refractivity contribution in [2.45, 2.75) is 19.0 Å². The molecule has 0 radical (unpaired) electrons. The number of imide groups is 1. The Balaban J connectivity index is 2.23. The summed E-state index contributed by atoms with van der Waals surface area (Å²) in [6, 6.07) is 14.7. The Kier molecular flexibility index (Phi) is 5.73. The highest BCUT2D eigenvalue weighted by Gasteiger charge is 2.23. The van der Waals surface area contributed by atoms with Gasteiger partial charge >= 0.3 is 6.03 Å². The maximum Gasteiger partial charge on any atom is 0.318 e. The van der Waals surface area contributed by atoms with Gasteiger partial charge in [-0.3, -0.25) is 15.4 Å². The molecule has 0 bridgehead atoms. The van der Waals surface area contributed by atoms with Gasteiger partial charge in [0.05, 0.1) is 0 Å². The van der Waals surface area contributed by atoms with Gasteiger partial charge in [0.1, 0.15) is 6.04 Å². The molecule has 0 unspecified atom stereocenters. The van der Waals surface area contributed by atoms with E-state index >= 15 is 0 Å². The highest BCUT2D eigenvalue weighted by atomic mass is 35.5. The van der Waals surface area contributed by atoms with Crippen LogP contribution >= 0.6 is 11.6 Å². The molecule has 0 heterocycles. The fourth-order valence-electron chi connectivity index (χ4n) is 2.28. The molecule has 0 spiro atoms. The largest absolute Gasteiger partial charge is 0.351 e. The Labute approximate surface area is 139 Å². The van der Waals surface area contributed by atoms with Crippen molar-refractivity contribution in [2.24, 2.45) is 5.73 Å². The first kappa shape index (κ1) is 17.0. The van der Waals surface area contributed by atoms with Gasteiger partial charge in [0.25, 0.3) is 0 Å². The van der Waals surface area contributed by atoms with Crippen LogP contribution < -0.4 is 16.4 Å². The quantitative estimate of drug-likeness (QED) is 0.787. The molecule has 0 aliphatic carbocycles. The van der Waals surface area contributed by atoms with Gasteiger partial charge in [-0.2, -0.15) is 0 Å². The van der Waals surface area contributed by atoms with E-state index in [-0.39, 0.29) is 6.04 Å². The summed E-state index contributed by atoms with van der Waals surface area (Å²) >= 11 is 6.01. The van der Waals surface area contributed by atoms with E-state index < -0.39 is 18.0 Å². The summed E-state index contributed by atoms with van der Waals surface area (Å²) in [7, 11) is 0. The second kappa shape index (κ2) is 7.76. The molecule has 2 aromatic carbocycles. The van der Waals surface area contributed by atoms with Crippen LogP contribution in [-0.2, 0) is 4.79 Å². The predicted molar refractivity (Wildman–Crippen MR) is 89.9 cm³/mol. The number of benzene rings is 2. The average molecular weight is 332 g/mol. The minimum atomic E-state index is -0.881. The number of halogens is 1. The van der Waals surface area contributed by atoms with Crippen molar-refractivity contribution in [2.75, 3.05) is 0 Å². The third-order valence-corrected chi connectivity index (χ3v) is 3.64. The molecule has 3 amide bonds. The molecule has 2 atom stereocenters. The standard InChI is InChI=1S/C17H18ClN3O2/c1-11(13-8-5-9-14(18)10-13)20-15(16(22)21-17(19)23)12-6-3-2-4-7-12/h2-11,15,20H,1H3,(H3,19,21,22,23)/t11-,15-/m0/s1. The second-order valence-corrected chi connectivity index (χ2v) is 5.58. The lowest BCUT2D eigenvalue weighted by atomic mass is 10.0. The van der Waals surface area contributed by atoms with Crippen molar-refractivity contribution in [1.29, 1.82) is 0 Å². The Morgan fingerprint density at radius 1 is 1.04 bits per heavy atom. The Morgan fingerprint density at radius 2 is 1.70 bits per heavy atom. The zero-order chi connectivity index (χ0) is 16.8. The molecule has 0 aliphatic heterocycles. The summed E-state index contributed by atoms with van der Waals surface area (Å²) in [5.74, 6) is -0.502. The van der Waals surface area contributed by atoms with Gasteiger partial charge in [-0.25, -0.2) is 4.79 Å². The smallest absolute Gasteiger partial charge is 0.318 e. The second-order valence-electron chi connectivity index (χ2n) is 5.14. The molecule has 0 fully saturated rings. The van der Waals surface area contributed by atoms with Crippen LogP contribution in [0.1, 0.15) is 30.1 Å². The maximum atomic E-state index is 12.3. The van der Waals surface area contributed by atoms with Gasteiger partial charge in [0, 0.05) is 11.1 Å². The van der Waals surface area contributed by atoms with Crippen molar-refractivity contribution in [3.63, 3.8) is 0 Å². The van der Waals surface area contributed by atoms with Gasteiger partial charge < -0.3 is 5.73 Å². The number of rotatable bonds is 5. The first-order valence-electron chi connectivity index (χ1n) is 7.14. The van der Waals surface area contributed by atoms with E-state index in [1.807, 2.05) is 55.5 Å². The third kappa shape index (κ3) is 4.81. The molecule has 0 saturated heterocycles. The highest BCUT2D eigenvalue weighted by Crippen LogP contribution is 2.22. The first-order chi connectivity index (χ1) is 11.0. The van der Waals surface area contributed by atoms with E-state index in [4.69, 9.17) is 17.3 Å². The van der Waals surface area contributed by atoms with Crippen LogP contribution in [0.3, 0.4) is 0 Å². The topological polar surface area (TPSA) is 84.2 Å². The normalized spacial score (nSPS) is 13.1. The molecule has 5 nitrogen and oxygen atoms in total. The van der Waals surface area contributed by atoms with E-state index in [0.717, 1.165) is 11.1 Å². The van der Waals surface area contributed by atoms with Crippen molar-refractivity contribution in [3.8, 4) is 0 Å². The van der Waals surface area contributed by atoms with E-state index in [0.29, 0.717) is 5.02 Å². The van der Waals surface area contributed by atoms with Gasteiger partial charge in [0.15, 0.2) is 0 Å². The molecule has 23 heavy (non-hydrogen) atoms. The summed E-state index contributed by atoms with van der Waals surface area (Å²) in [5.41, 5.74) is 6.73. The minimum absolute atomic E-state index is 0.155. The summed E-state index contributed by atoms with van der Waals surface area (Å²) in [5, 5.41) is 5.94. The summed E-state index contributed by atoms with van der Waals surface area (Å²) < 4.78 is 0. The third-order valence-electron chi connectivity index (χ3n) is 3.41. The lowest BCUT2D eigenvalue weighted by Crippen LogP contribution is -2.43. The number of carbonyl (C=O) groups is 2. The molecule has 0 saturated carbocycles. The zero-order valence-corrected chi connectivity index (χ0v) is 13.4. The maximum absolute atomic E-state index is 12.3. The molecular weight excluding hydrogens is 314 g/mol. The number of urea groups is 1. The fraction of sp³-hybridized carbons (Fsp3) is 0.176. The van der Waals surface area contributed by atoms with Crippen LogP contribution in [0.4, 0.5) is 4.79 Å². The number of hydrogen-bond donors (Lipinski definition) is 3. The summed E-state index contributed by atoms with van der Waals surface area (Å²) in [6.07, 6.45) is 0. The molecular formula is C17H18ClN3O2.